The molecule has 0 aromatic heterocycles. The van der Waals surface area contributed by atoms with E-state index >= 15 is 0 Å². The molecule has 0 bridgehead atoms. The Kier molecular flexibility index (Phi) is 6.21. The van der Waals surface area contributed by atoms with E-state index in [9.17, 15) is 0 Å². The molecule has 0 N–H and O–H groups in total. The lowest BCUT2D eigenvalue weighted by molar-refractivity contribution is 0.153. The van der Waals surface area contributed by atoms with Crippen molar-refractivity contribution in [2.75, 3.05) is 45.5 Å². The lowest BCUT2D eigenvalue weighted by atomic mass is 10.1. The van der Waals surface area contributed by atoms with Gasteiger partial charge in [0.2, 0.25) is 0 Å². The molecule has 1 fully saturated rings. The Morgan fingerprint density at radius 3 is 2.37 bits per heavy atom. The molecule has 0 atom stereocenters. The lowest BCUT2D eigenvalue weighted by Crippen LogP contribution is -2.44. The van der Waals surface area contributed by atoms with Crippen molar-refractivity contribution in [2.24, 2.45) is 0 Å². The van der Waals surface area contributed by atoms with Crippen molar-refractivity contribution < 1.29 is 0 Å². The molecular formula is C16H26N2S. The minimum Gasteiger partial charge on any atom is -0.304 e. The van der Waals surface area contributed by atoms with E-state index in [0.717, 1.165) is 5.75 Å². The number of likely N-dealkylation sites (N-methyl/N-ethyl adjacent to an activating group) is 1. The fourth-order valence-electron chi connectivity index (χ4n) is 2.50. The summed E-state index contributed by atoms with van der Waals surface area (Å²) in [6.45, 7) is 8.38. The quantitative estimate of drug-likeness (QED) is 0.739. The zero-order valence-corrected chi connectivity index (χ0v) is 13.1. The molecular weight excluding hydrogens is 252 g/mol. The van der Waals surface area contributed by atoms with E-state index in [1.807, 2.05) is 11.8 Å². The number of hydrogen-bond acceptors (Lipinski definition) is 3. The molecule has 0 unspecified atom stereocenters. The van der Waals surface area contributed by atoms with Crippen molar-refractivity contribution in [3.63, 3.8) is 0 Å². The monoisotopic (exact) mass is 278 g/mol. The van der Waals surface area contributed by atoms with Crippen molar-refractivity contribution in [3.05, 3.63) is 29.8 Å². The zero-order valence-electron chi connectivity index (χ0n) is 12.3. The van der Waals surface area contributed by atoms with Crippen molar-refractivity contribution in [2.45, 2.75) is 24.7 Å². The second kappa shape index (κ2) is 7.93. The molecule has 3 heteroatoms. The minimum atomic E-state index is 1.16. The molecule has 0 aliphatic carbocycles. The van der Waals surface area contributed by atoms with Crippen LogP contribution < -0.4 is 0 Å². The van der Waals surface area contributed by atoms with Crippen LogP contribution in [0.4, 0.5) is 0 Å². The van der Waals surface area contributed by atoms with E-state index in [2.05, 4.69) is 48.0 Å². The molecule has 1 saturated heterocycles. The molecule has 2 nitrogen and oxygen atoms in total. The normalized spacial score (nSPS) is 17.8. The van der Waals surface area contributed by atoms with Gasteiger partial charge in [-0.05, 0) is 49.9 Å². The first-order chi connectivity index (χ1) is 9.28. The number of benzene rings is 1. The highest BCUT2D eigenvalue weighted by Gasteiger charge is 2.12. The molecule has 1 aliphatic rings. The van der Waals surface area contributed by atoms with Gasteiger partial charge in [0.1, 0.15) is 0 Å². The van der Waals surface area contributed by atoms with Crippen molar-refractivity contribution in [1.29, 1.82) is 0 Å². The summed E-state index contributed by atoms with van der Waals surface area (Å²) >= 11 is 1.92. The van der Waals surface area contributed by atoms with Crippen LogP contribution in [0.5, 0.6) is 0 Å². The van der Waals surface area contributed by atoms with Gasteiger partial charge >= 0.3 is 0 Å². The Balaban J connectivity index is 1.67. The Morgan fingerprint density at radius 1 is 1.05 bits per heavy atom. The molecule has 0 radical (unpaired) electrons. The minimum absolute atomic E-state index is 1.16. The average molecular weight is 278 g/mol. The summed E-state index contributed by atoms with van der Waals surface area (Å²) in [7, 11) is 2.22. The van der Waals surface area contributed by atoms with E-state index in [1.165, 1.54) is 56.0 Å². The fraction of sp³-hybridized carbons (Fsp3) is 0.625. The van der Waals surface area contributed by atoms with Gasteiger partial charge in [-0.15, -0.1) is 11.8 Å². The number of aryl methyl sites for hydroxylation is 1. The summed E-state index contributed by atoms with van der Waals surface area (Å²) < 4.78 is 0. The highest BCUT2D eigenvalue weighted by atomic mass is 32.2. The number of rotatable bonds is 6. The van der Waals surface area contributed by atoms with E-state index < -0.39 is 0 Å². The van der Waals surface area contributed by atoms with Crippen LogP contribution in [0, 0.1) is 0 Å². The molecule has 2 rings (SSSR count). The molecule has 1 heterocycles. The van der Waals surface area contributed by atoms with Crippen molar-refractivity contribution in [1.82, 2.24) is 9.80 Å². The standard InChI is InChI=1S/C16H26N2S/c1-3-19-16-8-6-15(7-9-16)5-4-10-18-13-11-17(2)12-14-18/h6-9H,3-5,10-14H2,1-2H3. The van der Waals surface area contributed by atoms with Crippen LogP contribution in [0.15, 0.2) is 29.2 Å². The van der Waals surface area contributed by atoms with Gasteiger partial charge in [0, 0.05) is 31.1 Å². The summed E-state index contributed by atoms with van der Waals surface area (Å²) in [4.78, 5) is 6.41. The van der Waals surface area contributed by atoms with E-state index in [0.29, 0.717) is 0 Å². The number of piperazine rings is 1. The Bertz CT molecular complexity index is 356. The van der Waals surface area contributed by atoms with E-state index in [1.54, 1.807) is 0 Å². The smallest absolute Gasteiger partial charge is 0.0110 e. The van der Waals surface area contributed by atoms with Crippen LogP contribution in [-0.2, 0) is 6.42 Å². The van der Waals surface area contributed by atoms with Gasteiger partial charge in [-0.2, -0.15) is 0 Å². The van der Waals surface area contributed by atoms with Gasteiger partial charge in [0.15, 0.2) is 0 Å². The summed E-state index contributed by atoms with van der Waals surface area (Å²) in [5.41, 5.74) is 1.48. The molecule has 19 heavy (non-hydrogen) atoms. The Hall–Kier alpha value is -0.510. The van der Waals surface area contributed by atoms with Gasteiger partial charge in [-0.3, -0.25) is 0 Å². The van der Waals surface area contributed by atoms with Gasteiger partial charge in [0.25, 0.3) is 0 Å². The van der Waals surface area contributed by atoms with Crippen molar-refractivity contribution in [3.8, 4) is 0 Å². The molecule has 0 spiro atoms. The van der Waals surface area contributed by atoms with Crippen LogP contribution in [0.1, 0.15) is 18.9 Å². The summed E-state index contributed by atoms with van der Waals surface area (Å²) in [5, 5.41) is 0. The maximum absolute atomic E-state index is 2.60. The maximum atomic E-state index is 2.60. The largest absolute Gasteiger partial charge is 0.304 e. The van der Waals surface area contributed by atoms with E-state index in [-0.39, 0.29) is 0 Å². The number of hydrogen-bond donors (Lipinski definition) is 0. The van der Waals surface area contributed by atoms with Crippen LogP contribution in [-0.4, -0.2) is 55.3 Å². The second-order valence-corrected chi connectivity index (χ2v) is 6.66. The third kappa shape index (κ3) is 5.17. The maximum Gasteiger partial charge on any atom is 0.0110 e. The third-order valence-electron chi connectivity index (χ3n) is 3.77. The molecule has 1 aromatic rings. The molecule has 0 saturated carbocycles. The predicted molar refractivity (Wildman–Crippen MR) is 85.1 cm³/mol. The molecule has 0 amide bonds. The zero-order chi connectivity index (χ0) is 13.5. The summed E-state index contributed by atoms with van der Waals surface area (Å²) in [6.07, 6.45) is 2.49. The first-order valence-corrected chi connectivity index (χ1v) is 8.39. The highest BCUT2D eigenvalue weighted by Crippen LogP contribution is 2.18. The molecule has 1 aliphatic heterocycles. The van der Waals surface area contributed by atoms with E-state index in [4.69, 9.17) is 0 Å². The summed E-state index contributed by atoms with van der Waals surface area (Å²) in [6, 6.07) is 9.11. The van der Waals surface area contributed by atoms with Gasteiger partial charge in [0.05, 0.1) is 0 Å². The lowest BCUT2D eigenvalue weighted by Gasteiger charge is -2.32. The van der Waals surface area contributed by atoms with Gasteiger partial charge in [-0.25, -0.2) is 0 Å². The molecule has 1 aromatic carbocycles. The number of thioether (sulfide) groups is 1. The SMILES string of the molecule is CCSc1ccc(CCCN2CCN(C)CC2)cc1. The van der Waals surface area contributed by atoms with Crippen LogP contribution in [0.25, 0.3) is 0 Å². The van der Waals surface area contributed by atoms with Gasteiger partial charge in [-0.1, -0.05) is 19.1 Å². The van der Waals surface area contributed by atoms with Gasteiger partial charge < -0.3 is 9.80 Å². The molecule has 106 valence electrons. The average Bonchev–Trinajstić information content (AvgIpc) is 2.43. The van der Waals surface area contributed by atoms with Crippen molar-refractivity contribution >= 4 is 11.8 Å². The predicted octanol–water partition coefficient (Wildman–Crippen LogP) is 2.98. The van der Waals surface area contributed by atoms with Crippen LogP contribution in [0.3, 0.4) is 0 Å². The topological polar surface area (TPSA) is 6.48 Å². The summed E-state index contributed by atoms with van der Waals surface area (Å²) in [5.74, 6) is 1.16. The second-order valence-electron chi connectivity index (χ2n) is 5.33. The third-order valence-corrected chi connectivity index (χ3v) is 4.66. The number of nitrogens with zero attached hydrogens (tertiary/aromatic N) is 2. The highest BCUT2D eigenvalue weighted by molar-refractivity contribution is 7.99. The van der Waals surface area contributed by atoms with Crippen LogP contribution >= 0.6 is 11.8 Å². The Labute approximate surface area is 122 Å². The first kappa shape index (κ1) is 14.9. The fourth-order valence-corrected chi connectivity index (χ4v) is 3.16. The Morgan fingerprint density at radius 2 is 1.74 bits per heavy atom. The first-order valence-electron chi connectivity index (χ1n) is 7.40. The van der Waals surface area contributed by atoms with Crippen LogP contribution in [0.2, 0.25) is 0 Å².